The second kappa shape index (κ2) is 10.8. The Morgan fingerprint density at radius 2 is 0.875 bits per heavy atom. The maximum Gasteiger partial charge on any atom is 0.0541 e. The van der Waals surface area contributed by atoms with Crippen LogP contribution in [-0.4, -0.2) is 4.57 Å². The van der Waals surface area contributed by atoms with Gasteiger partial charge in [-0.25, -0.2) is 0 Å². The van der Waals surface area contributed by atoms with E-state index < -0.39 is 0 Å². The van der Waals surface area contributed by atoms with E-state index >= 15 is 0 Å². The summed E-state index contributed by atoms with van der Waals surface area (Å²) in [6.45, 7) is 0. The molecule has 0 fully saturated rings. The van der Waals surface area contributed by atoms with Crippen molar-refractivity contribution in [3.05, 3.63) is 176 Å². The van der Waals surface area contributed by atoms with Gasteiger partial charge in [0.05, 0.1) is 11.0 Å². The molecule has 0 bridgehead atoms. The van der Waals surface area contributed by atoms with Crippen molar-refractivity contribution in [2.45, 2.75) is 0 Å². The van der Waals surface area contributed by atoms with Crippen LogP contribution in [0.4, 0.5) is 0 Å². The van der Waals surface area contributed by atoms with Gasteiger partial charge in [0.2, 0.25) is 0 Å². The largest absolute Gasteiger partial charge is 0.309 e. The molecule has 0 spiro atoms. The number of hydrogen-bond acceptors (Lipinski definition) is 1. The molecule has 1 nitrogen and oxygen atoms in total. The SMILES string of the molecule is c1ccc(-c2sc3c4ccccc4c4ccc(-c5ccc(-n6c7ccccc7c7ccccc76)cc5)cc4c3c2-c2ccccc2)cc1. The van der Waals surface area contributed by atoms with Crippen LogP contribution in [0.15, 0.2) is 176 Å². The highest BCUT2D eigenvalue weighted by molar-refractivity contribution is 7.24. The minimum absolute atomic E-state index is 1.17. The number of para-hydroxylation sites is 2. The van der Waals surface area contributed by atoms with Crippen LogP contribution >= 0.6 is 11.3 Å². The highest BCUT2D eigenvalue weighted by atomic mass is 32.1. The van der Waals surface area contributed by atoms with Crippen molar-refractivity contribution in [2.24, 2.45) is 0 Å². The predicted octanol–water partition coefficient (Wildman–Crippen LogP) is 13.3. The fourth-order valence-electron chi connectivity index (χ4n) is 7.64. The zero-order valence-electron chi connectivity index (χ0n) is 26.1. The minimum Gasteiger partial charge on any atom is -0.309 e. The molecule has 10 rings (SSSR count). The van der Waals surface area contributed by atoms with Crippen LogP contribution in [-0.2, 0) is 0 Å². The van der Waals surface area contributed by atoms with E-state index in [1.54, 1.807) is 0 Å². The number of benzene rings is 8. The summed E-state index contributed by atoms with van der Waals surface area (Å²) in [6.07, 6.45) is 0. The van der Waals surface area contributed by atoms with Crippen LogP contribution in [0.1, 0.15) is 0 Å². The van der Waals surface area contributed by atoms with Gasteiger partial charge >= 0.3 is 0 Å². The Hall–Kier alpha value is -5.96. The van der Waals surface area contributed by atoms with Crippen LogP contribution in [0.2, 0.25) is 0 Å². The van der Waals surface area contributed by atoms with Crippen molar-refractivity contribution in [2.75, 3.05) is 0 Å². The fraction of sp³-hybridized carbons (Fsp3) is 0. The molecule has 0 saturated carbocycles. The second-order valence-corrected chi connectivity index (χ2v) is 13.5. The molecule has 10 aromatic rings. The maximum absolute atomic E-state index is 2.42. The topological polar surface area (TPSA) is 4.93 Å². The van der Waals surface area contributed by atoms with Gasteiger partial charge in [-0.1, -0.05) is 146 Å². The molecule has 2 aromatic heterocycles. The normalized spacial score (nSPS) is 11.8. The van der Waals surface area contributed by atoms with Crippen LogP contribution in [0.5, 0.6) is 0 Å². The molecule has 8 aromatic carbocycles. The van der Waals surface area contributed by atoms with Crippen molar-refractivity contribution >= 4 is 64.8 Å². The summed E-state index contributed by atoms with van der Waals surface area (Å²) in [5.74, 6) is 0. The molecule has 0 N–H and O–H groups in total. The lowest BCUT2D eigenvalue weighted by Gasteiger charge is -2.13. The Balaban J connectivity index is 1.21. The average molecular weight is 628 g/mol. The average Bonchev–Trinajstić information content (AvgIpc) is 3.73. The summed E-state index contributed by atoms with van der Waals surface area (Å²) >= 11 is 1.92. The van der Waals surface area contributed by atoms with Crippen molar-refractivity contribution in [3.63, 3.8) is 0 Å². The molecule has 0 aliphatic carbocycles. The number of nitrogens with zero attached hydrogens (tertiary/aromatic N) is 1. The summed E-state index contributed by atoms with van der Waals surface area (Å²) in [5, 5.41) is 9.10. The monoisotopic (exact) mass is 627 g/mol. The number of hydrogen-bond donors (Lipinski definition) is 0. The third kappa shape index (κ3) is 4.10. The molecular formula is C46H29NS. The number of thiophene rings is 1. The number of fused-ring (bicyclic) bond motifs is 9. The molecule has 0 amide bonds. The van der Waals surface area contributed by atoms with Crippen molar-refractivity contribution in [1.29, 1.82) is 0 Å². The number of rotatable bonds is 4. The smallest absolute Gasteiger partial charge is 0.0541 e. The molecule has 2 heteroatoms. The van der Waals surface area contributed by atoms with Gasteiger partial charge in [-0.2, -0.15) is 0 Å². The summed E-state index contributed by atoms with van der Waals surface area (Å²) < 4.78 is 3.72. The maximum atomic E-state index is 2.42. The first-order valence-electron chi connectivity index (χ1n) is 16.4. The Morgan fingerprint density at radius 1 is 0.354 bits per heavy atom. The Bertz CT molecular complexity index is 2750. The van der Waals surface area contributed by atoms with E-state index in [-0.39, 0.29) is 0 Å². The van der Waals surface area contributed by atoms with E-state index in [1.807, 2.05) is 11.3 Å². The van der Waals surface area contributed by atoms with Gasteiger partial charge in [-0.15, -0.1) is 11.3 Å². The number of aromatic nitrogens is 1. The first-order valence-corrected chi connectivity index (χ1v) is 17.3. The van der Waals surface area contributed by atoms with Crippen LogP contribution < -0.4 is 0 Å². The zero-order chi connectivity index (χ0) is 31.6. The lowest BCUT2D eigenvalue weighted by Crippen LogP contribution is -1.93. The van der Waals surface area contributed by atoms with Crippen molar-refractivity contribution < 1.29 is 0 Å². The first-order chi connectivity index (χ1) is 23.8. The molecule has 0 aliphatic rings. The van der Waals surface area contributed by atoms with E-state index in [0.29, 0.717) is 0 Å². The van der Waals surface area contributed by atoms with Crippen LogP contribution in [0.25, 0.3) is 91.8 Å². The van der Waals surface area contributed by atoms with E-state index in [0.717, 1.165) is 0 Å². The van der Waals surface area contributed by atoms with Gasteiger partial charge in [0.25, 0.3) is 0 Å². The van der Waals surface area contributed by atoms with Gasteiger partial charge in [0, 0.05) is 42.4 Å². The van der Waals surface area contributed by atoms with Gasteiger partial charge in [-0.3, -0.25) is 0 Å². The first kappa shape index (κ1) is 27.2. The molecule has 0 atom stereocenters. The Labute approximate surface area is 282 Å². The van der Waals surface area contributed by atoms with Crippen molar-refractivity contribution in [3.8, 4) is 38.4 Å². The van der Waals surface area contributed by atoms with Gasteiger partial charge in [0.1, 0.15) is 0 Å². The Kier molecular flexibility index (Phi) is 6.12. The Morgan fingerprint density at radius 3 is 1.54 bits per heavy atom. The highest BCUT2D eigenvalue weighted by Crippen LogP contribution is 2.50. The summed E-state index contributed by atoms with van der Waals surface area (Å²) in [6, 6.07) is 64.2. The minimum atomic E-state index is 1.17. The van der Waals surface area contributed by atoms with E-state index in [1.165, 1.54) is 91.8 Å². The molecule has 0 unspecified atom stereocenters. The third-order valence-corrected chi connectivity index (χ3v) is 11.1. The van der Waals surface area contributed by atoms with Gasteiger partial charge in [0.15, 0.2) is 0 Å². The van der Waals surface area contributed by atoms with Crippen molar-refractivity contribution in [1.82, 2.24) is 4.57 Å². The van der Waals surface area contributed by atoms with Crippen LogP contribution in [0, 0.1) is 0 Å². The zero-order valence-corrected chi connectivity index (χ0v) is 26.9. The lowest BCUT2D eigenvalue weighted by molar-refractivity contribution is 1.18. The van der Waals surface area contributed by atoms with E-state index in [4.69, 9.17) is 0 Å². The lowest BCUT2D eigenvalue weighted by atomic mass is 9.90. The van der Waals surface area contributed by atoms with E-state index in [2.05, 4.69) is 180 Å². The molecule has 0 aliphatic heterocycles. The standard InChI is InChI=1S/C46H29NS/c1-3-13-31(14-4-1)43-44-40-29-33(25-28-36(40)35-17-7-8-20-39(35)46(44)48-45(43)32-15-5-2-6-16-32)30-23-26-34(27-24-30)47-41-21-11-9-18-37(41)38-19-10-12-22-42(38)47/h1-29H. The quantitative estimate of drug-likeness (QED) is 0.171. The summed E-state index contributed by atoms with van der Waals surface area (Å²) in [7, 11) is 0. The highest BCUT2D eigenvalue weighted by Gasteiger charge is 2.21. The summed E-state index contributed by atoms with van der Waals surface area (Å²) in [4.78, 5) is 1.32. The molecule has 224 valence electrons. The molecule has 0 radical (unpaired) electrons. The molecular weight excluding hydrogens is 599 g/mol. The van der Waals surface area contributed by atoms with E-state index in [9.17, 15) is 0 Å². The third-order valence-electron chi connectivity index (χ3n) is 9.80. The molecule has 0 saturated heterocycles. The second-order valence-electron chi connectivity index (χ2n) is 12.5. The predicted molar refractivity (Wildman–Crippen MR) is 207 cm³/mol. The van der Waals surface area contributed by atoms with Crippen LogP contribution in [0.3, 0.4) is 0 Å². The molecule has 2 heterocycles. The van der Waals surface area contributed by atoms with Gasteiger partial charge < -0.3 is 4.57 Å². The fourth-order valence-corrected chi connectivity index (χ4v) is 9.02. The summed E-state index contributed by atoms with van der Waals surface area (Å²) in [5.41, 5.74) is 9.88. The molecule has 48 heavy (non-hydrogen) atoms. The van der Waals surface area contributed by atoms with Gasteiger partial charge in [-0.05, 0) is 68.7 Å².